The number of hydrogen-bond donors (Lipinski definition) is 0. The Hall–Kier alpha value is -2.70. The number of isocyanates is 3. The molecule has 0 aromatic carbocycles. The summed E-state index contributed by atoms with van der Waals surface area (Å²) >= 11 is 0. The molecule has 0 aromatic heterocycles. The Morgan fingerprint density at radius 3 is 0.875 bits per heavy atom. The van der Waals surface area contributed by atoms with Crippen LogP contribution in [0.4, 0.5) is 52.7 Å². The standard InChI is InChI=1S/C22H19F12N3O3/c23-7-1-20(35-4-38,16(32)13(29)10(7)26)19(21(36-5-39)2-8(24)11(27)14(30)17(21)33)22(37-6-40)3-9(25)12(28)15(31)18(22)34/h7-19H,1-3H2. The van der Waals surface area contributed by atoms with Gasteiger partial charge in [0.1, 0.15) is 35.1 Å². The van der Waals surface area contributed by atoms with E-state index in [1.165, 1.54) is 0 Å². The van der Waals surface area contributed by atoms with E-state index in [1.807, 2.05) is 0 Å². The first-order chi connectivity index (χ1) is 18.6. The average molecular weight is 601 g/mol. The molecule has 6 nitrogen and oxygen atoms in total. The third-order valence-corrected chi connectivity index (χ3v) is 8.05. The molecule has 40 heavy (non-hydrogen) atoms. The zero-order chi connectivity index (χ0) is 30.4. The summed E-state index contributed by atoms with van der Waals surface area (Å²) < 4.78 is 178. The van der Waals surface area contributed by atoms with Gasteiger partial charge in [0.15, 0.2) is 55.5 Å². The van der Waals surface area contributed by atoms with E-state index in [-0.39, 0.29) is 0 Å². The van der Waals surface area contributed by atoms with Gasteiger partial charge in [0, 0.05) is 25.2 Å². The molecular formula is C22H19F12N3O3. The van der Waals surface area contributed by atoms with Crippen LogP contribution in [0.2, 0.25) is 0 Å². The minimum Gasteiger partial charge on any atom is -0.244 e. The van der Waals surface area contributed by atoms with E-state index in [4.69, 9.17) is 0 Å². The maximum Gasteiger partial charge on any atom is 0.235 e. The Morgan fingerprint density at radius 2 is 0.675 bits per heavy atom. The van der Waals surface area contributed by atoms with Crippen LogP contribution in [0.25, 0.3) is 0 Å². The fraction of sp³-hybridized carbons (Fsp3) is 0.864. The number of alkyl halides is 12. The number of hydrogen-bond acceptors (Lipinski definition) is 6. The van der Waals surface area contributed by atoms with Gasteiger partial charge in [-0.15, -0.1) is 0 Å². The van der Waals surface area contributed by atoms with Crippen LogP contribution in [-0.2, 0) is 14.4 Å². The molecular weight excluding hydrogens is 582 g/mol. The van der Waals surface area contributed by atoms with Crippen LogP contribution < -0.4 is 0 Å². The van der Waals surface area contributed by atoms with Crippen molar-refractivity contribution < 1.29 is 67.1 Å². The predicted octanol–water partition coefficient (Wildman–Crippen LogP) is 4.09. The molecule has 3 saturated carbocycles. The predicted molar refractivity (Wildman–Crippen MR) is 109 cm³/mol. The molecule has 15 unspecified atom stereocenters. The van der Waals surface area contributed by atoms with Crippen molar-refractivity contribution in [3.63, 3.8) is 0 Å². The highest BCUT2D eigenvalue weighted by molar-refractivity contribution is 5.44. The van der Waals surface area contributed by atoms with Crippen LogP contribution >= 0.6 is 0 Å². The van der Waals surface area contributed by atoms with E-state index >= 15 is 13.2 Å². The molecule has 0 saturated heterocycles. The van der Waals surface area contributed by atoms with Crippen molar-refractivity contribution >= 4 is 18.2 Å². The molecule has 0 heterocycles. The van der Waals surface area contributed by atoms with Crippen molar-refractivity contribution in [1.82, 2.24) is 0 Å². The van der Waals surface area contributed by atoms with Gasteiger partial charge in [0.2, 0.25) is 18.2 Å². The number of aliphatic imine (C=N–C) groups is 3. The summed E-state index contributed by atoms with van der Waals surface area (Å²) in [5.74, 6) is -3.52. The Morgan fingerprint density at radius 1 is 0.450 bits per heavy atom. The normalized spacial score (nSPS) is 51.9. The second-order valence-corrected chi connectivity index (χ2v) is 10.0. The zero-order valence-electron chi connectivity index (χ0n) is 19.7. The number of rotatable bonds is 6. The van der Waals surface area contributed by atoms with Crippen LogP contribution in [0.3, 0.4) is 0 Å². The quantitative estimate of drug-likeness (QED) is 0.261. The first-order valence-corrected chi connectivity index (χ1v) is 11.6. The monoisotopic (exact) mass is 601 g/mol. The molecule has 224 valence electrons. The second-order valence-electron chi connectivity index (χ2n) is 10.0. The van der Waals surface area contributed by atoms with Gasteiger partial charge in [-0.05, 0) is 0 Å². The summed E-state index contributed by atoms with van der Waals surface area (Å²) in [5, 5.41) is 0. The minimum atomic E-state index is -3.94. The van der Waals surface area contributed by atoms with Gasteiger partial charge in [0.25, 0.3) is 0 Å². The summed E-state index contributed by atoms with van der Waals surface area (Å²) in [6.45, 7) is 0. The average Bonchev–Trinajstić information content (AvgIpc) is 2.91. The van der Waals surface area contributed by atoms with Crippen LogP contribution in [0.1, 0.15) is 19.3 Å². The maximum absolute atomic E-state index is 15.8. The largest absolute Gasteiger partial charge is 0.244 e. The zero-order valence-corrected chi connectivity index (χ0v) is 19.7. The summed E-state index contributed by atoms with van der Waals surface area (Å²) in [7, 11) is 0. The molecule has 0 radical (unpaired) electrons. The molecule has 15 atom stereocenters. The number of halogens is 12. The molecule has 3 aliphatic rings. The molecule has 0 spiro atoms. The second kappa shape index (κ2) is 11.3. The summed E-state index contributed by atoms with van der Waals surface area (Å²) in [4.78, 5) is 42.7. The van der Waals surface area contributed by atoms with Crippen molar-refractivity contribution in [2.24, 2.45) is 20.9 Å². The molecule has 18 heteroatoms. The Bertz CT molecular complexity index is 973. The fourth-order valence-electron chi connectivity index (χ4n) is 6.42. The highest BCUT2D eigenvalue weighted by atomic mass is 19.2. The van der Waals surface area contributed by atoms with Crippen molar-refractivity contribution in [2.75, 3.05) is 0 Å². The molecule has 0 amide bonds. The molecule has 0 bridgehead atoms. The molecule has 3 rings (SSSR count). The first-order valence-electron chi connectivity index (χ1n) is 11.6. The summed E-state index contributed by atoms with van der Waals surface area (Å²) in [6, 6.07) is 0. The van der Waals surface area contributed by atoms with Crippen molar-refractivity contribution in [3.8, 4) is 0 Å². The molecule has 0 N–H and O–H groups in total. The van der Waals surface area contributed by atoms with Crippen LogP contribution in [0, 0.1) is 5.92 Å². The Balaban J connectivity index is 2.56. The van der Waals surface area contributed by atoms with Crippen LogP contribution in [-0.4, -0.2) is 109 Å². The third kappa shape index (κ3) is 4.48. The Kier molecular flexibility index (Phi) is 8.98. The lowest BCUT2D eigenvalue weighted by Crippen LogP contribution is -2.77. The lowest BCUT2D eigenvalue weighted by molar-refractivity contribution is -0.164. The van der Waals surface area contributed by atoms with Crippen molar-refractivity contribution in [2.45, 2.75) is 110 Å². The van der Waals surface area contributed by atoms with Crippen LogP contribution in [0.15, 0.2) is 15.0 Å². The van der Waals surface area contributed by atoms with Gasteiger partial charge in [-0.1, -0.05) is 0 Å². The first kappa shape index (κ1) is 31.8. The SMILES string of the molecule is O=C=NC1(C(C2(N=C=O)CC(F)C(F)C(F)C2F)C2(N=C=O)CC(F)C(F)C(F)C2F)CC(F)C(F)C(F)C1F. The van der Waals surface area contributed by atoms with Gasteiger partial charge in [-0.25, -0.2) is 67.1 Å². The maximum atomic E-state index is 15.8. The van der Waals surface area contributed by atoms with E-state index in [1.54, 1.807) is 0 Å². The summed E-state index contributed by atoms with van der Waals surface area (Å²) in [5.41, 5.74) is -11.8. The minimum absolute atomic E-state index is 0.565. The van der Waals surface area contributed by atoms with Gasteiger partial charge in [-0.3, -0.25) is 0 Å². The van der Waals surface area contributed by atoms with Crippen molar-refractivity contribution in [3.05, 3.63) is 0 Å². The van der Waals surface area contributed by atoms with E-state index in [9.17, 15) is 53.9 Å². The van der Waals surface area contributed by atoms with E-state index < -0.39 is 116 Å². The molecule has 0 aliphatic heterocycles. The van der Waals surface area contributed by atoms with Gasteiger partial charge in [0.05, 0.1) is 0 Å². The Labute approximate surface area is 217 Å². The molecule has 3 fully saturated rings. The van der Waals surface area contributed by atoms with Gasteiger partial charge >= 0.3 is 0 Å². The highest BCUT2D eigenvalue weighted by Crippen LogP contribution is 2.61. The number of carbonyl (C=O) groups excluding carboxylic acids is 3. The lowest BCUT2D eigenvalue weighted by atomic mass is 9.50. The van der Waals surface area contributed by atoms with Gasteiger partial charge in [-0.2, -0.15) is 15.0 Å². The molecule has 3 aliphatic carbocycles. The smallest absolute Gasteiger partial charge is 0.235 e. The lowest BCUT2D eigenvalue weighted by Gasteiger charge is -2.59. The van der Waals surface area contributed by atoms with E-state index in [0.717, 1.165) is 0 Å². The highest BCUT2D eigenvalue weighted by Gasteiger charge is 2.77. The summed E-state index contributed by atoms with van der Waals surface area (Å²) in [6.07, 6.45) is -46.8. The number of nitrogens with zero attached hydrogens (tertiary/aromatic N) is 3. The van der Waals surface area contributed by atoms with Crippen molar-refractivity contribution in [1.29, 1.82) is 0 Å². The molecule has 0 aromatic rings. The van der Waals surface area contributed by atoms with E-state index in [2.05, 4.69) is 15.0 Å². The van der Waals surface area contributed by atoms with Crippen LogP contribution in [0.5, 0.6) is 0 Å². The van der Waals surface area contributed by atoms with E-state index in [0.29, 0.717) is 18.2 Å². The fourth-order valence-corrected chi connectivity index (χ4v) is 6.42. The van der Waals surface area contributed by atoms with Gasteiger partial charge < -0.3 is 0 Å². The topological polar surface area (TPSA) is 88.3 Å². The third-order valence-electron chi connectivity index (χ3n) is 8.05.